The second kappa shape index (κ2) is 6.23. The summed E-state index contributed by atoms with van der Waals surface area (Å²) in [5.41, 5.74) is 0. The average molecular weight is 283 g/mol. The number of hydrogen-bond donors (Lipinski definition) is 1. The molecule has 18 heavy (non-hydrogen) atoms. The van der Waals surface area contributed by atoms with Crippen LogP contribution in [0, 0.1) is 5.92 Å². The fourth-order valence-electron chi connectivity index (χ4n) is 1.03. The molecule has 0 spiro atoms. The number of rotatable bonds is 5. The molecule has 0 atom stereocenters. The molecule has 10 heteroatoms. The first kappa shape index (κ1) is 17.0. The number of amides is 1. The van der Waals surface area contributed by atoms with Crippen molar-refractivity contribution in [3.63, 3.8) is 0 Å². The highest BCUT2D eigenvalue weighted by molar-refractivity contribution is 5.80. The van der Waals surface area contributed by atoms with Crippen molar-refractivity contribution in [2.24, 2.45) is 5.92 Å². The van der Waals surface area contributed by atoms with E-state index in [0.29, 0.717) is 0 Å². The van der Waals surface area contributed by atoms with Gasteiger partial charge in [-0.25, -0.2) is 0 Å². The largest absolute Gasteiger partial charge is 0.409 e. The lowest BCUT2D eigenvalue weighted by molar-refractivity contribution is -0.274. The lowest BCUT2D eigenvalue weighted by atomic mass is 10.1. The minimum atomic E-state index is -5.71. The van der Waals surface area contributed by atoms with Crippen molar-refractivity contribution in [2.75, 3.05) is 20.8 Å². The summed E-state index contributed by atoms with van der Waals surface area (Å²) < 4.78 is 81.7. The van der Waals surface area contributed by atoms with Gasteiger partial charge in [-0.05, 0) is 0 Å². The number of carbonyl (C=O) groups is 1. The van der Waals surface area contributed by atoms with E-state index in [1.54, 1.807) is 0 Å². The third-order valence-corrected chi connectivity index (χ3v) is 1.89. The molecule has 0 unspecified atom stereocenters. The van der Waals surface area contributed by atoms with Crippen molar-refractivity contribution in [2.45, 2.75) is 18.6 Å². The number of hydrogen-bond acceptors (Lipinski definition) is 3. The number of ether oxygens (including phenoxy) is 2. The maximum absolute atomic E-state index is 12.1. The van der Waals surface area contributed by atoms with Crippen LogP contribution in [0.3, 0.4) is 0 Å². The van der Waals surface area contributed by atoms with Crippen LogP contribution in [0.2, 0.25) is 0 Å². The molecule has 0 heterocycles. The number of carbonyl (C=O) groups excluding carboxylic acids is 1. The van der Waals surface area contributed by atoms with Crippen molar-refractivity contribution in [1.29, 1.82) is 0 Å². The number of nitrogens with one attached hydrogen (secondary N) is 1. The predicted molar refractivity (Wildman–Crippen MR) is 46.4 cm³/mol. The zero-order chi connectivity index (χ0) is 14.6. The molecule has 0 aromatic rings. The highest BCUT2D eigenvalue weighted by Gasteiger charge is 2.61. The van der Waals surface area contributed by atoms with Crippen LogP contribution in [0.15, 0.2) is 0 Å². The van der Waals surface area contributed by atoms with Crippen LogP contribution in [0.1, 0.15) is 0 Å². The van der Waals surface area contributed by atoms with Crippen LogP contribution in [0.4, 0.5) is 26.3 Å². The second-order valence-electron chi connectivity index (χ2n) is 3.16. The molecule has 0 saturated carbocycles. The number of halogens is 6. The van der Waals surface area contributed by atoms with E-state index in [0.717, 1.165) is 14.2 Å². The predicted octanol–water partition coefficient (Wildman–Crippen LogP) is 1.46. The minimum absolute atomic E-state index is 0.630. The van der Waals surface area contributed by atoms with E-state index < -0.39 is 37.0 Å². The second-order valence-corrected chi connectivity index (χ2v) is 3.16. The van der Waals surface area contributed by atoms with Crippen molar-refractivity contribution >= 4 is 5.91 Å². The molecular weight excluding hydrogens is 272 g/mol. The van der Waals surface area contributed by atoms with Crippen LogP contribution in [0.25, 0.3) is 0 Å². The Kier molecular flexibility index (Phi) is 5.87. The standard InChI is InChI=1S/C8H11F6NO3/c1-17-4(18-2)3-15-6(16)5(7(9,10)11)8(12,13)14/h4-5H,3H2,1-2H3,(H,15,16). The third kappa shape index (κ3) is 5.08. The minimum Gasteiger partial charge on any atom is -0.354 e. The topological polar surface area (TPSA) is 47.6 Å². The molecule has 0 aliphatic heterocycles. The number of methoxy groups -OCH3 is 2. The van der Waals surface area contributed by atoms with E-state index in [2.05, 4.69) is 9.47 Å². The molecule has 0 saturated heterocycles. The Morgan fingerprint density at radius 1 is 1.06 bits per heavy atom. The molecule has 0 bridgehead atoms. The fraction of sp³-hybridized carbons (Fsp3) is 0.875. The maximum atomic E-state index is 12.1. The Morgan fingerprint density at radius 2 is 1.44 bits per heavy atom. The summed E-state index contributed by atoms with van der Waals surface area (Å²) in [7, 11) is 2.23. The van der Waals surface area contributed by atoms with Crippen molar-refractivity contribution in [3.8, 4) is 0 Å². The summed E-state index contributed by atoms with van der Waals surface area (Å²) in [5, 5.41) is 1.47. The molecule has 0 fully saturated rings. The molecule has 1 N–H and O–H groups in total. The van der Waals surface area contributed by atoms with Gasteiger partial charge in [0.05, 0.1) is 6.54 Å². The summed E-state index contributed by atoms with van der Waals surface area (Å²) in [4.78, 5) is 10.9. The fourth-order valence-corrected chi connectivity index (χ4v) is 1.03. The molecular formula is C8H11F6NO3. The molecule has 0 rings (SSSR count). The van der Waals surface area contributed by atoms with Crippen molar-refractivity contribution < 1.29 is 40.6 Å². The maximum Gasteiger partial charge on any atom is 0.409 e. The van der Waals surface area contributed by atoms with Crippen LogP contribution in [-0.4, -0.2) is 45.3 Å². The van der Waals surface area contributed by atoms with Gasteiger partial charge in [-0.2, -0.15) is 26.3 Å². The number of alkyl halides is 6. The molecule has 0 radical (unpaired) electrons. The van der Waals surface area contributed by atoms with E-state index in [9.17, 15) is 31.1 Å². The average Bonchev–Trinajstić information content (AvgIpc) is 2.14. The van der Waals surface area contributed by atoms with Crippen molar-refractivity contribution in [3.05, 3.63) is 0 Å². The molecule has 108 valence electrons. The van der Waals surface area contributed by atoms with Gasteiger partial charge in [0.1, 0.15) is 0 Å². The highest BCUT2D eigenvalue weighted by Crippen LogP contribution is 2.39. The van der Waals surface area contributed by atoms with Crippen LogP contribution < -0.4 is 5.32 Å². The van der Waals surface area contributed by atoms with Gasteiger partial charge < -0.3 is 14.8 Å². The first-order chi connectivity index (χ1) is 8.04. The van der Waals surface area contributed by atoms with E-state index in [-0.39, 0.29) is 0 Å². The van der Waals surface area contributed by atoms with Gasteiger partial charge in [0, 0.05) is 14.2 Å². The molecule has 0 aliphatic rings. The van der Waals surface area contributed by atoms with E-state index >= 15 is 0 Å². The molecule has 0 aliphatic carbocycles. The monoisotopic (exact) mass is 283 g/mol. The highest BCUT2D eigenvalue weighted by atomic mass is 19.4. The van der Waals surface area contributed by atoms with Gasteiger partial charge >= 0.3 is 12.4 Å². The zero-order valence-electron chi connectivity index (χ0n) is 9.35. The Labute approximate surface area is 98.2 Å². The van der Waals surface area contributed by atoms with Gasteiger partial charge in [-0.15, -0.1) is 0 Å². The molecule has 0 aromatic heterocycles. The summed E-state index contributed by atoms with van der Waals surface area (Å²) in [5.74, 6) is -6.27. The van der Waals surface area contributed by atoms with Crippen LogP contribution >= 0.6 is 0 Å². The zero-order valence-corrected chi connectivity index (χ0v) is 9.35. The first-order valence-electron chi connectivity index (χ1n) is 4.50. The van der Waals surface area contributed by atoms with E-state index in [1.807, 2.05) is 0 Å². The van der Waals surface area contributed by atoms with Crippen LogP contribution in [0.5, 0.6) is 0 Å². The summed E-state index contributed by atoms with van der Waals surface area (Å²) in [6, 6.07) is 0. The van der Waals surface area contributed by atoms with Gasteiger partial charge in [0.15, 0.2) is 6.29 Å². The van der Waals surface area contributed by atoms with Gasteiger partial charge in [0.2, 0.25) is 11.8 Å². The van der Waals surface area contributed by atoms with Gasteiger partial charge in [-0.3, -0.25) is 4.79 Å². The lowest BCUT2D eigenvalue weighted by Crippen LogP contribution is -2.49. The SMILES string of the molecule is COC(CNC(=O)C(C(F)(F)F)C(F)(F)F)OC. The van der Waals surface area contributed by atoms with E-state index in [1.165, 1.54) is 5.32 Å². The van der Waals surface area contributed by atoms with Gasteiger partial charge in [-0.1, -0.05) is 0 Å². The Bertz CT molecular complexity index is 259. The van der Waals surface area contributed by atoms with Gasteiger partial charge in [0.25, 0.3) is 0 Å². The summed E-state index contributed by atoms with van der Waals surface area (Å²) in [6.45, 7) is -0.630. The summed E-state index contributed by atoms with van der Waals surface area (Å²) >= 11 is 0. The molecule has 1 amide bonds. The smallest absolute Gasteiger partial charge is 0.354 e. The summed E-state index contributed by atoms with van der Waals surface area (Å²) in [6.07, 6.45) is -12.5. The lowest BCUT2D eigenvalue weighted by Gasteiger charge is -2.23. The first-order valence-corrected chi connectivity index (χ1v) is 4.50. The normalized spacial score (nSPS) is 13.2. The Hall–Kier alpha value is -1.03. The Balaban J connectivity index is 4.70. The van der Waals surface area contributed by atoms with Crippen molar-refractivity contribution in [1.82, 2.24) is 5.32 Å². The van der Waals surface area contributed by atoms with E-state index in [4.69, 9.17) is 0 Å². The van der Waals surface area contributed by atoms with Crippen LogP contribution in [-0.2, 0) is 14.3 Å². The third-order valence-electron chi connectivity index (χ3n) is 1.89. The quantitative estimate of drug-likeness (QED) is 0.614. The molecule has 4 nitrogen and oxygen atoms in total. The Morgan fingerprint density at radius 3 is 1.72 bits per heavy atom. The molecule has 0 aromatic carbocycles.